The van der Waals surface area contributed by atoms with Crippen LogP contribution >= 0.6 is 0 Å². The maximum atomic E-state index is 13.1. The van der Waals surface area contributed by atoms with Crippen LogP contribution in [0.2, 0.25) is 0 Å². The second kappa shape index (κ2) is 9.25. The highest BCUT2D eigenvalue weighted by Gasteiger charge is 2.27. The molecule has 168 valence electrons. The Bertz CT molecular complexity index is 1060. The zero-order valence-corrected chi connectivity index (χ0v) is 20.0. The first-order chi connectivity index (χ1) is 15.0. The fourth-order valence-electron chi connectivity index (χ4n) is 3.79. The Morgan fingerprint density at radius 1 is 0.906 bits per heavy atom. The van der Waals surface area contributed by atoms with Gasteiger partial charge in [-0.1, -0.05) is 77.9 Å². The zero-order valence-electron chi connectivity index (χ0n) is 20.0. The lowest BCUT2D eigenvalue weighted by Gasteiger charge is -2.28. The van der Waals surface area contributed by atoms with Crippen LogP contribution in [-0.4, -0.2) is 22.4 Å². The summed E-state index contributed by atoms with van der Waals surface area (Å²) in [6.07, 6.45) is 1.77. The Morgan fingerprint density at radius 2 is 1.50 bits per heavy atom. The summed E-state index contributed by atoms with van der Waals surface area (Å²) in [6, 6.07) is 17.8. The van der Waals surface area contributed by atoms with E-state index in [1.165, 1.54) is 0 Å². The van der Waals surface area contributed by atoms with Crippen LogP contribution in [0.4, 0.5) is 0 Å². The summed E-state index contributed by atoms with van der Waals surface area (Å²) in [7, 11) is 0. The molecule has 0 atom stereocenters. The third-order valence-electron chi connectivity index (χ3n) is 5.60. The normalized spacial score (nSPS) is 12.1. The number of benzene rings is 2. The Hall–Kier alpha value is -2.98. The number of hydrogen-bond acceptors (Lipinski definition) is 4. The van der Waals surface area contributed by atoms with Crippen molar-refractivity contribution in [1.29, 1.82) is 0 Å². The maximum Gasteiger partial charge on any atom is 0.176 e. The van der Waals surface area contributed by atoms with Gasteiger partial charge in [-0.15, -0.1) is 0 Å². The summed E-state index contributed by atoms with van der Waals surface area (Å²) in [5, 5.41) is 14.2. The van der Waals surface area contributed by atoms with E-state index in [9.17, 15) is 9.90 Å². The number of Topliss-reactive ketones (excluding diaryl/α,β-unsaturated/α-hetero) is 1. The molecule has 3 aromatic rings. The number of aromatic hydroxyl groups is 1. The number of carbonyl (C=O) groups is 1. The van der Waals surface area contributed by atoms with Crippen LogP contribution in [0.5, 0.6) is 5.75 Å². The van der Waals surface area contributed by atoms with Crippen molar-refractivity contribution >= 4 is 5.78 Å². The van der Waals surface area contributed by atoms with Crippen LogP contribution in [0.15, 0.2) is 60.8 Å². The predicted molar refractivity (Wildman–Crippen MR) is 131 cm³/mol. The molecule has 32 heavy (non-hydrogen) atoms. The maximum absolute atomic E-state index is 13.1. The minimum absolute atomic E-state index is 0.00167. The molecule has 1 heterocycles. The number of phenols is 1. The van der Waals surface area contributed by atoms with E-state index in [-0.39, 0.29) is 28.9 Å². The smallest absolute Gasteiger partial charge is 0.176 e. The molecule has 3 rings (SSSR count). The lowest BCUT2D eigenvalue weighted by atomic mass is 9.78. The van der Waals surface area contributed by atoms with Gasteiger partial charge in [0.15, 0.2) is 5.78 Å². The summed E-state index contributed by atoms with van der Waals surface area (Å²) in [5.74, 6) is 0.286. The number of aromatic nitrogens is 1. The van der Waals surface area contributed by atoms with Gasteiger partial charge >= 0.3 is 0 Å². The summed E-state index contributed by atoms with van der Waals surface area (Å²) in [4.78, 5) is 17.6. The Kier molecular flexibility index (Phi) is 6.85. The lowest BCUT2D eigenvalue weighted by Crippen LogP contribution is -2.25. The van der Waals surface area contributed by atoms with E-state index in [1.807, 2.05) is 84.0 Å². The molecule has 0 spiro atoms. The Labute approximate surface area is 191 Å². The lowest BCUT2D eigenvalue weighted by molar-refractivity contribution is 0.0990. The van der Waals surface area contributed by atoms with Gasteiger partial charge in [-0.25, -0.2) is 0 Å². The van der Waals surface area contributed by atoms with E-state index in [0.29, 0.717) is 12.1 Å². The van der Waals surface area contributed by atoms with Crippen molar-refractivity contribution in [3.8, 4) is 16.9 Å². The Balaban J connectivity index is 1.81. The van der Waals surface area contributed by atoms with Crippen molar-refractivity contribution in [2.75, 3.05) is 6.54 Å². The van der Waals surface area contributed by atoms with E-state index in [2.05, 4.69) is 22.4 Å². The fraction of sp³-hybridized carbons (Fsp3) is 0.357. The largest absolute Gasteiger partial charge is 0.507 e. The fourth-order valence-corrected chi connectivity index (χ4v) is 3.79. The van der Waals surface area contributed by atoms with Crippen molar-refractivity contribution in [2.45, 2.75) is 58.9 Å². The van der Waals surface area contributed by atoms with Crippen LogP contribution in [0.25, 0.3) is 11.1 Å². The first-order valence-electron chi connectivity index (χ1n) is 11.1. The number of rotatable bonds is 6. The van der Waals surface area contributed by atoms with Crippen LogP contribution in [0.3, 0.4) is 0 Å². The standard InChI is InChI=1S/C28H34N2O2/c1-27(2,3)22-15-20(16-23(26(22)32)28(4,5)6)25(31)18-29-17-24-21(13-10-14-30-24)19-11-8-7-9-12-19/h7-16,29,32H,17-18H2,1-6H3. The van der Waals surface area contributed by atoms with Gasteiger partial charge in [0.1, 0.15) is 5.75 Å². The van der Waals surface area contributed by atoms with Gasteiger partial charge in [0.2, 0.25) is 0 Å². The second-order valence-electron chi connectivity index (χ2n) is 10.3. The molecule has 4 heteroatoms. The first kappa shape index (κ1) is 23.7. The average Bonchev–Trinajstić information content (AvgIpc) is 2.73. The minimum Gasteiger partial charge on any atom is -0.507 e. The SMILES string of the molecule is CC(C)(C)c1cc(C(=O)CNCc2ncccc2-c2ccccc2)cc(C(C)(C)C)c1O. The molecule has 0 aliphatic carbocycles. The number of nitrogens with zero attached hydrogens (tertiary/aromatic N) is 1. The Morgan fingerprint density at radius 3 is 2.06 bits per heavy atom. The third-order valence-corrected chi connectivity index (χ3v) is 5.60. The van der Waals surface area contributed by atoms with Crippen molar-refractivity contribution in [3.05, 3.63) is 83.2 Å². The van der Waals surface area contributed by atoms with Crippen LogP contribution in [-0.2, 0) is 17.4 Å². The zero-order chi connectivity index (χ0) is 23.5. The number of nitrogens with one attached hydrogen (secondary N) is 1. The quantitative estimate of drug-likeness (QED) is 0.469. The van der Waals surface area contributed by atoms with Gasteiger partial charge < -0.3 is 10.4 Å². The van der Waals surface area contributed by atoms with Gasteiger partial charge in [-0.3, -0.25) is 9.78 Å². The van der Waals surface area contributed by atoms with Crippen LogP contribution < -0.4 is 5.32 Å². The molecule has 0 fully saturated rings. The second-order valence-corrected chi connectivity index (χ2v) is 10.3. The van der Waals surface area contributed by atoms with E-state index in [4.69, 9.17) is 0 Å². The van der Waals surface area contributed by atoms with Gasteiger partial charge in [0.05, 0.1) is 12.2 Å². The van der Waals surface area contributed by atoms with Crippen molar-refractivity contribution in [3.63, 3.8) is 0 Å². The molecule has 0 aliphatic rings. The van der Waals surface area contributed by atoms with Crippen LogP contribution in [0.1, 0.15) is 68.7 Å². The molecule has 2 aromatic carbocycles. The third kappa shape index (κ3) is 5.43. The summed E-state index contributed by atoms with van der Waals surface area (Å²) in [5.41, 5.74) is 4.74. The molecule has 0 saturated heterocycles. The van der Waals surface area contributed by atoms with Crippen LogP contribution in [0, 0.1) is 0 Å². The molecule has 4 nitrogen and oxygen atoms in total. The van der Waals surface area contributed by atoms with Crippen molar-refractivity contribution in [1.82, 2.24) is 10.3 Å². The molecule has 0 saturated carbocycles. The summed E-state index contributed by atoms with van der Waals surface area (Å²) < 4.78 is 0. The molecule has 0 radical (unpaired) electrons. The summed E-state index contributed by atoms with van der Waals surface area (Å²) >= 11 is 0. The van der Waals surface area contributed by atoms with Gasteiger partial charge in [-0.2, -0.15) is 0 Å². The molecule has 0 aliphatic heterocycles. The highest BCUT2D eigenvalue weighted by atomic mass is 16.3. The first-order valence-corrected chi connectivity index (χ1v) is 11.1. The number of hydrogen-bond donors (Lipinski definition) is 2. The van der Waals surface area contributed by atoms with Gasteiger partial charge in [0.25, 0.3) is 0 Å². The van der Waals surface area contributed by atoms with Gasteiger partial charge in [0, 0.05) is 35.0 Å². The molecule has 0 unspecified atom stereocenters. The monoisotopic (exact) mass is 430 g/mol. The van der Waals surface area contributed by atoms with E-state index in [0.717, 1.165) is 27.9 Å². The van der Waals surface area contributed by atoms with Gasteiger partial charge in [-0.05, 0) is 34.6 Å². The molecular formula is C28H34N2O2. The van der Waals surface area contributed by atoms with Crippen molar-refractivity contribution < 1.29 is 9.90 Å². The topological polar surface area (TPSA) is 62.2 Å². The van der Waals surface area contributed by atoms with E-state index < -0.39 is 0 Å². The highest BCUT2D eigenvalue weighted by molar-refractivity contribution is 5.98. The number of pyridine rings is 1. The van der Waals surface area contributed by atoms with E-state index >= 15 is 0 Å². The highest BCUT2D eigenvalue weighted by Crippen LogP contribution is 2.39. The average molecular weight is 431 g/mol. The number of ketones is 1. The predicted octanol–water partition coefficient (Wildman–Crippen LogP) is 6.02. The molecule has 0 bridgehead atoms. The molecular weight excluding hydrogens is 396 g/mol. The number of phenolic OH excluding ortho intramolecular Hbond substituents is 1. The molecule has 0 amide bonds. The summed E-state index contributed by atoms with van der Waals surface area (Å²) in [6.45, 7) is 13.0. The van der Waals surface area contributed by atoms with E-state index in [1.54, 1.807) is 6.20 Å². The number of carbonyl (C=O) groups excluding carboxylic acids is 1. The minimum atomic E-state index is -0.271. The molecule has 2 N–H and O–H groups in total. The molecule has 1 aromatic heterocycles. The van der Waals surface area contributed by atoms with Crippen molar-refractivity contribution in [2.24, 2.45) is 0 Å².